The van der Waals surface area contributed by atoms with Crippen molar-refractivity contribution in [2.75, 3.05) is 6.54 Å². The van der Waals surface area contributed by atoms with E-state index in [1.165, 1.54) is 0 Å². The maximum atomic E-state index is 11.8. The topological polar surface area (TPSA) is 78.0 Å². The summed E-state index contributed by atoms with van der Waals surface area (Å²) in [5.74, 6) is -0.586. The zero-order chi connectivity index (χ0) is 11.7. The molecule has 0 aliphatic rings. The van der Waals surface area contributed by atoms with E-state index in [2.05, 4.69) is 5.10 Å². The van der Waals surface area contributed by atoms with Gasteiger partial charge in [0.15, 0.2) is 5.15 Å². The molecule has 1 heterocycles. The largest absolute Gasteiger partial charge is 0.322 e. The monoisotopic (exact) mass is 237 g/mol. The second-order valence-corrected chi connectivity index (χ2v) is 3.51. The van der Waals surface area contributed by atoms with E-state index in [0.717, 1.165) is 0 Å². The van der Waals surface area contributed by atoms with E-state index in [-0.39, 0.29) is 11.7 Å². The van der Waals surface area contributed by atoms with Crippen molar-refractivity contribution in [1.82, 2.24) is 9.78 Å². The quantitative estimate of drug-likeness (QED) is 0.790. The second kappa shape index (κ2) is 4.03. The molecular weight excluding hydrogens is 230 g/mol. The molecule has 6 heteroatoms. The van der Waals surface area contributed by atoms with E-state index in [1.807, 2.05) is 0 Å². The molecule has 0 aliphatic carbocycles. The molecule has 0 saturated heterocycles. The molecule has 0 radical (unpaired) electrons. The van der Waals surface area contributed by atoms with E-state index >= 15 is 0 Å². The lowest BCUT2D eigenvalue weighted by Gasteiger charge is -2.04. The van der Waals surface area contributed by atoms with Gasteiger partial charge in [-0.2, -0.15) is 4.68 Å². The highest BCUT2D eigenvalue weighted by Crippen LogP contribution is 2.16. The number of halogens is 1. The van der Waals surface area contributed by atoms with Gasteiger partial charge in [0.25, 0.3) is 11.5 Å². The van der Waals surface area contributed by atoms with Crippen LogP contribution >= 0.6 is 11.6 Å². The predicted octanol–water partition coefficient (Wildman–Crippen LogP) is 0.649. The zero-order valence-corrected chi connectivity index (χ0v) is 8.94. The van der Waals surface area contributed by atoms with Crippen LogP contribution in [0.4, 0.5) is 0 Å². The SMILES string of the molecule is NCC(=O)n1nc(Cl)c2ccccc2c1=O. The summed E-state index contributed by atoms with van der Waals surface area (Å²) < 4.78 is 0.699. The number of carbonyl (C=O) groups is 1. The first-order valence-electron chi connectivity index (χ1n) is 4.56. The number of fused-ring (bicyclic) bond motifs is 1. The van der Waals surface area contributed by atoms with Crippen molar-refractivity contribution in [3.8, 4) is 0 Å². The number of nitrogens with zero attached hydrogens (tertiary/aromatic N) is 2. The molecule has 1 aromatic heterocycles. The van der Waals surface area contributed by atoms with Gasteiger partial charge in [-0.1, -0.05) is 29.8 Å². The lowest BCUT2D eigenvalue weighted by molar-refractivity contribution is 0.0902. The molecule has 82 valence electrons. The number of nitrogens with two attached hydrogens (primary N) is 1. The Morgan fingerprint density at radius 3 is 2.62 bits per heavy atom. The summed E-state index contributed by atoms with van der Waals surface area (Å²) in [6, 6.07) is 6.69. The average Bonchev–Trinajstić information content (AvgIpc) is 2.33. The third-order valence-corrected chi connectivity index (χ3v) is 2.45. The van der Waals surface area contributed by atoms with Crippen LogP contribution in [-0.2, 0) is 0 Å². The van der Waals surface area contributed by atoms with Gasteiger partial charge in [0.2, 0.25) is 0 Å². The van der Waals surface area contributed by atoms with Gasteiger partial charge in [-0.25, -0.2) is 0 Å². The van der Waals surface area contributed by atoms with Crippen LogP contribution in [0.15, 0.2) is 29.1 Å². The van der Waals surface area contributed by atoms with E-state index in [0.29, 0.717) is 15.5 Å². The van der Waals surface area contributed by atoms with Crippen LogP contribution in [0.2, 0.25) is 5.15 Å². The molecule has 5 nitrogen and oxygen atoms in total. The predicted molar refractivity (Wildman–Crippen MR) is 60.7 cm³/mol. The Labute approximate surface area is 95.4 Å². The highest BCUT2D eigenvalue weighted by Gasteiger charge is 2.12. The number of carbonyl (C=O) groups excluding carboxylic acids is 1. The van der Waals surface area contributed by atoms with Crippen LogP contribution in [0, 0.1) is 0 Å². The second-order valence-electron chi connectivity index (χ2n) is 3.15. The standard InChI is InChI=1S/C10H8ClN3O2/c11-9-6-3-1-2-4-7(6)10(16)14(13-9)8(15)5-12/h1-4H,5,12H2. The molecule has 0 saturated carbocycles. The van der Waals surface area contributed by atoms with Gasteiger partial charge >= 0.3 is 0 Å². The number of rotatable bonds is 1. The van der Waals surface area contributed by atoms with Crippen LogP contribution in [0.25, 0.3) is 10.8 Å². The van der Waals surface area contributed by atoms with Gasteiger partial charge in [-0.05, 0) is 6.07 Å². The molecule has 0 bridgehead atoms. The fraction of sp³-hybridized carbons (Fsp3) is 0.100. The zero-order valence-electron chi connectivity index (χ0n) is 8.18. The smallest absolute Gasteiger partial charge is 0.282 e. The normalized spacial score (nSPS) is 10.6. The van der Waals surface area contributed by atoms with Crippen molar-refractivity contribution in [3.63, 3.8) is 0 Å². The summed E-state index contributed by atoms with van der Waals surface area (Å²) in [6.45, 7) is -0.290. The minimum Gasteiger partial charge on any atom is -0.322 e. The van der Waals surface area contributed by atoms with Crippen molar-refractivity contribution in [3.05, 3.63) is 39.8 Å². The lowest BCUT2D eigenvalue weighted by Crippen LogP contribution is -2.33. The lowest BCUT2D eigenvalue weighted by atomic mass is 10.2. The van der Waals surface area contributed by atoms with Crippen LogP contribution in [0.1, 0.15) is 4.79 Å². The maximum absolute atomic E-state index is 11.8. The first kappa shape index (κ1) is 10.8. The molecule has 2 rings (SSSR count). The van der Waals surface area contributed by atoms with Crippen LogP contribution < -0.4 is 11.3 Å². The summed E-state index contributed by atoms with van der Waals surface area (Å²) in [4.78, 5) is 23.2. The van der Waals surface area contributed by atoms with E-state index in [4.69, 9.17) is 17.3 Å². The Morgan fingerprint density at radius 2 is 2.00 bits per heavy atom. The maximum Gasteiger partial charge on any atom is 0.282 e. The van der Waals surface area contributed by atoms with E-state index < -0.39 is 11.5 Å². The molecule has 2 aromatic rings. The Morgan fingerprint density at radius 1 is 1.38 bits per heavy atom. The number of hydrogen-bond donors (Lipinski definition) is 1. The minimum absolute atomic E-state index is 0.108. The Hall–Kier alpha value is -1.72. The number of hydrogen-bond acceptors (Lipinski definition) is 4. The Bertz CT molecular complexity index is 621. The molecule has 1 aromatic carbocycles. The summed E-state index contributed by atoms with van der Waals surface area (Å²) in [7, 11) is 0. The van der Waals surface area contributed by atoms with Crippen LogP contribution in [0.5, 0.6) is 0 Å². The molecular formula is C10H8ClN3O2. The molecule has 0 unspecified atom stereocenters. The summed E-state index contributed by atoms with van der Waals surface area (Å²) in [6.07, 6.45) is 0. The van der Waals surface area contributed by atoms with Gasteiger partial charge in [0.1, 0.15) is 0 Å². The minimum atomic E-state index is -0.586. The van der Waals surface area contributed by atoms with Gasteiger partial charge in [-0.3, -0.25) is 9.59 Å². The van der Waals surface area contributed by atoms with Crippen molar-refractivity contribution in [1.29, 1.82) is 0 Å². The van der Waals surface area contributed by atoms with E-state index in [1.54, 1.807) is 24.3 Å². The summed E-state index contributed by atoms with van der Waals surface area (Å²) in [5, 5.41) is 4.69. The van der Waals surface area contributed by atoms with Gasteiger partial charge in [-0.15, -0.1) is 5.10 Å². The highest BCUT2D eigenvalue weighted by atomic mass is 35.5. The molecule has 0 fully saturated rings. The molecule has 0 atom stereocenters. The molecule has 0 spiro atoms. The van der Waals surface area contributed by atoms with E-state index in [9.17, 15) is 9.59 Å². The van der Waals surface area contributed by atoms with Crippen LogP contribution in [-0.4, -0.2) is 22.2 Å². The number of benzene rings is 1. The summed E-state index contributed by atoms with van der Waals surface area (Å²) in [5.41, 5.74) is 4.67. The van der Waals surface area contributed by atoms with Crippen LogP contribution in [0.3, 0.4) is 0 Å². The van der Waals surface area contributed by atoms with Gasteiger partial charge in [0, 0.05) is 5.39 Å². The van der Waals surface area contributed by atoms with Crippen molar-refractivity contribution >= 4 is 28.3 Å². The number of aromatic nitrogens is 2. The first-order valence-corrected chi connectivity index (χ1v) is 4.94. The Kier molecular flexibility index (Phi) is 2.72. The fourth-order valence-corrected chi connectivity index (χ4v) is 1.65. The summed E-state index contributed by atoms with van der Waals surface area (Å²) >= 11 is 5.87. The highest BCUT2D eigenvalue weighted by molar-refractivity contribution is 6.34. The van der Waals surface area contributed by atoms with Crippen molar-refractivity contribution in [2.24, 2.45) is 5.73 Å². The molecule has 0 amide bonds. The van der Waals surface area contributed by atoms with Crippen molar-refractivity contribution in [2.45, 2.75) is 0 Å². The van der Waals surface area contributed by atoms with Gasteiger partial charge < -0.3 is 5.73 Å². The van der Waals surface area contributed by atoms with Gasteiger partial charge in [0.05, 0.1) is 11.9 Å². The average molecular weight is 238 g/mol. The Balaban J connectivity index is 2.86. The molecule has 0 aliphatic heterocycles. The molecule has 2 N–H and O–H groups in total. The first-order chi connectivity index (χ1) is 7.65. The van der Waals surface area contributed by atoms with Crippen molar-refractivity contribution < 1.29 is 4.79 Å². The fourth-order valence-electron chi connectivity index (χ4n) is 1.41. The third kappa shape index (κ3) is 1.60. The molecule has 16 heavy (non-hydrogen) atoms. The third-order valence-electron chi connectivity index (χ3n) is 2.17.